The normalized spacial score (nSPS) is 10.9. The van der Waals surface area contributed by atoms with E-state index in [0.717, 1.165) is 0 Å². The summed E-state index contributed by atoms with van der Waals surface area (Å²) in [7, 11) is -3.81. The van der Waals surface area contributed by atoms with Crippen LogP contribution in [0.1, 0.15) is 11.1 Å². The number of urea groups is 1. The highest BCUT2D eigenvalue weighted by Crippen LogP contribution is 2.26. The van der Waals surface area contributed by atoms with Crippen molar-refractivity contribution in [3.8, 4) is 5.75 Å². The van der Waals surface area contributed by atoms with E-state index < -0.39 is 28.6 Å². The van der Waals surface area contributed by atoms with E-state index in [4.69, 9.17) is 15.6 Å². The van der Waals surface area contributed by atoms with Crippen LogP contribution in [0.25, 0.3) is 0 Å². The number of ether oxygens (including phenoxy) is 1. The lowest BCUT2D eigenvalue weighted by molar-refractivity contribution is -0.121. The first-order valence-corrected chi connectivity index (χ1v) is 7.02. The van der Waals surface area contributed by atoms with Gasteiger partial charge in [-0.05, 0) is 37.1 Å². The third-order valence-electron chi connectivity index (χ3n) is 2.37. The molecule has 0 saturated heterocycles. The van der Waals surface area contributed by atoms with E-state index in [1.54, 1.807) is 13.8 Å². The van der Waals surface area contributed by atoms with Gasteiger partial charge in [0.05, 0.1) is 4.90 Å². The molecule has 0 heterocycles. The molecule has 9 heteroatoms. The van der Waals surface area contributed by atoms with Gasteiger partial charge in [0.2, 0.25) is 10.0 Å². The molecule has 5 N–H and O–H groups in total. The number of amides is 3. The van der Waals surface area contributed by atoms with E-state index in [2.05, 4.69) is 0 Å². The van der Waals surface area contributed by atoms with E-state index in [-0.39, 0.29) is 4.90 Å². The molecule has 110 valence electrons. The van der Waals surface area contributed by atoms with Crippen LogP contribution in [-0.4, -0.2) is 27.0 Å². The van der Waals surface area contributed by atoms with Gasteiger partial charge in [0.25, 0.3) is 5.91 Å². The van der Waals surface area contributed by atoms with E-state index in [1.807, 2.05) is 5.32 Å². The lowest BCUT2D eigenvalue weighted by atomic mass is 10.1. The molecule has 0 spiro atoms. The quantitative estimate of drug-likeness (QED) is 0.688. The number of sulfonamides is 1. The van der Waals surface area contributed by atoms with Crippen LogP contribution < -0.4 is 20.9 Å². The fraction of sp³-hybridized carbons (Fsp3) is 0.273. The molecule has 20 heavy (non-hydrogen) atoms. The van der Waals surface area contributed by atoms with Gasteiger partial charge in [-0.2, -0.15) is 0 Å². The molecule has 0 aliphatic rings. The number of hydrogen-bond donors (Lipinski definition) is 3. The minimum Gasteiger partial charge on any atom is -0.483 e. The van der Waals surface area contributed by atoms with E-state index in [9.17, 15) is 18.0 Å². The zero-order chi connectivity index (χ0) is 15.5. The topological polar surface area (TPSA) is 142 Å². The molecule has 8 nitrogen and oxygen atoms in total. The minimum atomic E-state index is -3.81. The van der Waals surface area contributed by atoms with Crippen LogP contribution in [0.15, 0.2) is 17.0 Å². The lowest BCUT2D eigenvalue weighted by Crippen LogP contribution is -2.38. The van der Waals surface area contributed by atoms with E-state index in [0.29, 0.717) is 16.9 Å². The summed E-state index contributed by atoms with van der Waals surface area (Å²) in [5.41, 5.74) is 5.78. The average molecular weight is 301 g/mol. The van der Waals surface area contributed by atoms with Crippen molar-refractivity contribution in [1.29, 1.82) is 0 Å². The summed E-state index contributed by atoms with van der Waals surface area (Å²) >= 11 is 0. The van der Waals surface area contributed by atoms with Crippen LogP contribution in [0.2, 0.25) is 0 Å². The Balaban J connectivity index is 2.93. The number of imide groups is 1. The summed E-state index contributed by atoms with van der Waals surface area (Å²) in [6, 6.07) is 1.70. The average Bonchev–Trinajstić information content (AvgIpc) is 2.25. The molecular formula is C11H15N3O5S. The number of rotatable bonds is 4. The number of aryl methyl sites for hydroxylation is 2. The molecule has 0 aromatic heterocycles. The summed E-state index contributed by atoms with van der Waals surface area (Å²) in [6.45, 7) is 2.81. The third kappa shape index (κ3) is 4.21. The molecule has 0 aliphatic carbocycles. The molecule has 3 amide bonds. The number of benzene rings is 1. The zero-order valence-electron chi connectivity index (χ0n) is 11.0. The van der Waals surface area contributed by atoms with Gasteiger partial charge < -0.3 is 10.5 Å². The number of primary sulfonamides is 1. The van der Waals surface area contributed by atoms with Gasteiger partial charge in [0.15, 0.2) is 6.61 Å². The molecule has 0 aliphatic heterocycles. The molecule has 1 aromatic carbocycles. The Morgan fingerprint density at radius 2 is 1.75 bits per heavy atom. The highest BCUT2D eigenvalue weighted by atomic mass is 32.2. The van der Waals surface area contributed by atoms with Crippen LogP contribution in [0, 0.1) is 13.8 Å². The molecule has 1 rings (SSSR count). The Labute approximate surface area is 116 Å². The maximum absolute atomic E-state index is 11.3. The van der Waals surface area contributed by atoms with Gasteiger partial charge in [-0.25, -0.2) is 18.4 Å². The number of nitrogens with two attached hydrogens (primary N) is 2. The van der Waals surface area contributed by atoms with Crippen molar-refractivity contribution in [1.82, 2.24) is 5.32 Å². The first kappa shape index (κ1) is 15.9. The van der Waals surface area contributed by atoms with Crippen LogP contribution in [0.5, 0.6) is 5.75 Å². The monoisotopic (exact) mass is 301 g/mol. The second-order valence-corrected chi connectivity index (χ2v) is 5.69. The first-order chi connectivity index (χ1) is 9.11. The second kappa shape index (κ2) is 5.88. The lowest BCUT2D eigenvalue weighted by Gasteiger charge is -2.13. The van der Waals surface area contributed by atoms with Gasteiger partial charge in [-0.15, -0.1) is 0 Å². The van der Waals surface area contributed by atoms with Crippen molar-refractivity contribution >= 4 is 22.0 Å². The maximum Gasteiger partial charge on any atom is 0.318 e. The van der Waals surface area contributed by atoms with Gasteiger partial charge >= 0.3 is 6.03 Å². The van der Waals surface area contributed by atoms with Crippen molar-refractivity contribution in [2.45, 2.75) is 18.7 Å². The van der Waals surface area contributed by atoms with Crippen LogP contribution >= 0.6 is 0 Å². The number of carbonyl (C=O) groups is 2. The summed E-state index contributed by atoms with van der Waals surface area (Å²) in [4.78, 5) is 21.6. The summed E-state index contributed by atoms with van der Waals surface area (Å²) in [6.07, 6.45) is 0. The SMILES string of the molecule is Cc1cc(S(N)(=O)=O)cc(C)c1OCC(=O)NC(N)=O. The summed E-state index contributed by atoms with van der Waals surface area (Å²) in [5, 5.41) is 6.88. The molecule has 0 radical (unpaired) electrons. The highest BCUT2D eigenvalue weighted by Gasteiger charge is 2.14. The predicted octanol–water partition coefficient (Wildman–Crippen LogP) is -0.475. The van der Waals surface area contributed by atoms with Crippen molar-refractivity contribution in [3.63, 3.8) is 0 Å². The minimum absolute atomic E-state index is 0.0403. The Bertz CT molecular complexity index is 631. The Hall–Kier alpha value is -2.13. The summed E-state index contributed by atoms with van der Waals surface area (Å²) < 4.78 is 27.8. The largest absolute Gasteiger partial charge is 0.483 e. The van der Waals surface area contributed by atoms with Gasteiger partial charge in [0, 0.05) is 0 Å². The fourth-order valence-electron chi connectivity index (χ4n) is 1.61. The number of carbonyl (C=O) groups excluding carboxylic acids is 2. The smallest absolute Gasteiger partial charge is 0.318 e. The summed E-state index contributed by atoms with van der Waals surface area (Å²) in [5.74, 6) is -0.358. The van der Waals surface area contributed by atoms with Crippen LogP contribution in [0.3, 0.4) is 0 Å². The molecule has 1 aromatic rings. The fourth-order valence-corrected chi connectivity index (χ4v) is 2.30. The van der Waals surface area contributed by atoms with Crippen molar-refractivity contribution in [2.75, 3.05) is 6.61 Å². The first-order valence-electron chi connectivity index (χ1n) is 5.47. The van der Waals surface area contributed by atoms with Gasteiger partial charge in [-0.3, -0.25) is 10.1 Å². The van der Waals surface area contributed by atoms with Gasteiger partial charge in [-0.1, -0.05) is 0 Å². The third-order valence-corrected chi connectivity index (χ3v) is 3.27. The standard InChI is InChI=1S/C11H15N3O5S/c1-6-3-8(20(13,17)18)4-7(2)10(6)19-5-9(15)14-11(12)16/h3-4H,5H2,1-2H3,(H2,13,17,18)(H3,12,14,15,16). The van der Waals surface area contributed by atoms with Crippen molar-refractivity contribution in [3.05, 3.63) is 23.3 Å². The van der Waals surface area contributed by atoms with Crippen molar-refractivity contribution < 1.29 is 22.7 Å². The molecule has 0 unspecified atom stereocenters. The highest BCUT2D eigenvalue weighted by molar-refractivity contribution is 7.89. The zero-order valence-corrected chi connectivity index (χ0v) is 11.8. The molecule has 0 fully saturated rings. The van der Waals surface area contributed by atoms with Crippen LogP contribution in [-0.2, 0) is 14.8 Å². The Morgan fingerprint density at radius 1 is 1.25 bits per heavy atom. The number of primary amides is 1. The molecule has 0 atom stereocenters. The second-order valence-electron chi connectivity index (χ2n) is 4.13. The molecule has 0 bridgehead atoms. The number of nitrogens with one attached hydrogen (secondary N) is 1. The predicted molar refractivity (Wildman–Crippen MR) is 70.5 cm³/mol. The van der Waals surface area contributed by atoms with Crippen molar-refractivity contribution in [2.24, 2.45) is 10.9 Å². The Kier molecular flexibility index (Phi) is 4.69. The van der Waals surface area contributed by atoms with E-state index in [1.165, 1.54) is 12.1 Å². The van der Waals surface area contributed by atoms with Crippen LogP contribution in [0.4, 0.5) is 4.79 Å². The Morgan fingerprint density at radius 3 is 2.15 bits per heavy atom. The van der Waals surface area contributed by atoms with Gasteiger partial charge in [0.1, 0.15) is 5.75 Å². The molecular weight excluding hydrogens is 286 g/mol. The molecule has 0 saturated carbocycles. The van der Waals surface area contributed by atoms with E-state index >= 15 is 0 Å². The maximum atomic E-state index is 11.3. The number of hydrogen-bond acceptors (Lipinski definition) is 5.